The molecule has 0 heterocycles. The lowest BCUT2D eigenvalue weighted by molar-refractivity contribution is -0.139. The number of benzene rings is 1. The molecule has 19 heavy (non-hydrogen) atoms. The van der Waals surface area contributed by atoms with Gasteiger partial charge >= 0.3 is 5.97 Å². The monoisotopic (exact) mass is 285 g/mol. The van der Waals surface area contributed by atoms with Gasteiger partial charge in [0, 0.05) is 0 Å². The number of carbonyl (C=O) groups is 1. The van der Waals surface area contributed by atoms with Crippen molar-refractivity contribution in [2.75, 3.05) is 0 Å². The minimum atomic E-state index is -3.77. The molecule has 1 atom stereocenters. The number of unbranched alkanes of at least 4 members (excludes halogenated alkanes) is 2. The lowest BCUT2D eigenvalue weighted by Gasteiger charge is -2.14. The minimum Gasteiger partial charge on any atom is -0.480 e. The van der Waals surface area contributed by atoms with Crippen LogP contribution in [0.1, 0.15) is 32.6 Å². The first-order valence-corrected chi connectivity index (χ1v) is 7.76. The van der Waals surface area contributed by atoms with Crippen molar-refractivity contribution >= 4 is 16.0 Å². The van der Waals surface area contributed by atoms with Gasteiger partial charge in [-0.05, 0) is 18.6 Å². The van der Waals surface area contributed by atoms with Crippen molar-refractivity contribution in [3.05, 3.63) is 30.3 Å². The van der Waals surface area contributed by atoms with Gasteiger partial charge in [0.05, 0.1) is 4.90 Å². The molecule has 0 aromatic heterocycles. The molecule has 0 aliphatic rings. The Morgan fingerprint density at radius 1 is 1.26 bits per heavy atom. The molecule has 0 saturated heterocycles. The maximum absolute atomic E-state index is 12.0. The summed E-state index contributed by atoms with van der Waals surface area (Å²) in [4.78, 5) is 11.2. The van der Waals surface area contributed by atoms with Crippen LogP contribution in [0.5, 0.6) is 0 Å². The second kappa shape index (κ2) is 7.25. The number of hydrogen-bond acceptors (Lipinski definition) is 3. The van der Waals surface area contributed by atoms with Crippen LogP contribution < -0.4 is 4.72 Å². The van der Waals surface area contributed by atoms with E-state index in [-0.39, 0.29) is 4.90 Å². The minimum absolute atomic E-state index is 0.0803. The maximum atomic E-state index is 12.0. The van der Waals surface area contributed by atoms with Crippen molar-refractivity contribution < 1.29 is 18.3 Å². The van der Waals surface area contributed by atoms with E-state index in [0.29, 0.717) is 12.8 Å². The number of nitrogens with one attached hydrogen (secondary N) is 1. The van der Waals surface area contributed by atoms with Gasteiger partial charge in [0.1, 0.15) is 6.04 Å². The van der Waals surface area contributed by atoms with Gasteiger partial charge < -0.3 is 5.11 Å². The largest absolute Gasteiger partial charge is 0.480 e. The smallest absolute Gasteiger partial charge is 0.321 e. The summed E-state index contributed by atoms with van der Waals surface area (Å²) in [7, 11) is -3.77. The Bertz CT molecular complexity index is 499. The molecule has 106 valence electrons. The van der Waals surface area contributed by atoms with Crippen LogP contribution in [0.2, 0.25) is 0 Å². The molecule has 1 unspecified atom stereocenters. The van der Waals surface area contributed by atoms with Gasteiger partial charge in [0.15, 0.2) is 0 Å². The van der Waals surface area contributed by atoms with E-state index >= 15 is 0 Å². The summed E-state index contributed by atoms with van der Waals surface area (Å²) in [5.74, 6) is -1.14. The zero-order chi connectivity index (χ0) is 14.3. The normalized spacial score (nSPS) is 13.1. The quantitative estimate of drug-likeness (QED) is 0.716. The summed E-state index contributed by atoms with van der Waals surface area (Å²) in [5.41, 5.74) is 0. The molecule has 6 heteroatoms. The molecule has 0 spiro atoms. The van der Waals surface area contributed by atoms with Gasteiger partial charge in [-0.1, -0.05) is 44.4 Å². The first-order valence-electron chi connectivity index (χ1n) is 6.27. The Kier molecular flexibility index (Phi) is 5.98. The van der Waals surface area contributed by atoms with Gasteiger partial charge in [-0.25, -0.2) is 8.42 Å². The fourth-order valence-electron chi connectivity index (χ4n) is 1.69. The van der Waals surface area contributed by atoms with Crippen molar-refractivity contribution in [2.45, 2.75) is 43.5 Å². The highest BCUT2D eigenvalue weighted by Crippen LogP contribution is 2.11. The Labute approximate surface area is 113 Å². The van der Waals surface area contributed by atoms with Gasteiger partial charge in [-0.15, -0.1) is 0 Å². The van der Waals surface area contributed by atoms with Crippen LogP contribution in [0.4, 0.5) is 0 Å². The third-order valence-electron chi connectivity index (χ3n) is 2.75. The van der Waals surface area contributed by atoms with E-state index in [1.165, 1.54) is 12.1 Å². The molecule has 1 aromatic rings. The second-order valence-electron chi connectivity index (χ2n) is 4.32. The highest BCUT2D eigenvalue weighted by Gasteiger charge is 2.24. The lowest BCUT2D eigenvalue weighted by Crippen LogP contribution is -2.40. The second-order valence-corrected chi connectivity index (χ2v) is 6.03. The molecule has 0 radical (unpaired) electrons. The molecule has 0 aliphatic heterocycles. The first kappa shape index (κ1) is 15.7. The van der Waals surface area contributed by atoms with Gasteiger partial charge in [-0.2, -0.15) is 4.72 Å². The molecule has 0 bridgehead atoms. The van der Waals surface area contributed by atoms with Gasteiger partial charge in [0.25, 0.3) is 0 Å². The molecular weight excluding hydrogens is 266 g/mol. The van der Waals surface area contributed by atoms with E-state index in [1.807, 2.05) is 6.92 Å². The van der Waals surface area contributed by atoms with Gasteiger partial charge in [-0.3, -0.25) is 4.79 Å². The van der Waals surface area contributed by atoms with Crippen LogP contribution in [0.15, 0.2) is 35.2 Å². The molecule has 0 amide bonds. The molecule has 0 fully saturated rings. The van der Waals surface area contributed by atoms with Crippen LogP contribution in [-0.2, 0) is 14.8 Å². The van der Waals surface area contributed by atoms with Crippen molar-refractivity contribution in [1.82, 2.24) is 4.72 Å². The summed E-state index contributed by atoms with van der Waals surface area (Å²) in [5, 5.41) is 9.06. The van der Waals surface area contributed by atoms with E-state index in [1.54, 1.807) is 18.2 Å². The fourth-order valence-corrected chi connectivity index (χ4v) is 2.93. The average molecular weight is 285 g/mol. The van der Waals surface area contributed by atoms with E-state index < -0.39 is 22.0 Å². The molecule has 5 nitrogen and oxygen atoms in total. The van der Waals surface area contributed by atoms with Gasteiger partial charge in [0.2, 0.25) is 10.0 Å². The molecular formula is C13H19NO4S. The zero-order valence-corrected chi connectivity index (χ0v) is 11.7. The SMILES string of the molecule is CCCCCC(NS(=O)(=O)c1ccccc1)C(=O)O. The third-order valence-corrected chi connectivity index (χ3v) is 4.23. The fraction of sp³-hybridized carbons (Fsp3) is 0.462. The summed E-state index contributed by atoms with van der Waals surface area (Å²) < 4.78 is 26.3. The van der Waals surface area contributed by atoms with Crippen molar-refractivity contribution in [1.29, 1.82) is 0 Å². The van der Waals surface area contributed by atoms with E-state index in [4.69, 9.17) is 5.11 Å². The van der Waals surface area contributed by atoms with Crippen LogP contribution in [-0.4, -0.2) is 25.5 Å². The van der Waals surface area contributed by atoms with Crippen LogP contribution in [0.25, 0.3) is 0 Å². The molecule has 2 N–H and O–H groups in total. The summed E-state index contributed by atoms with van der Waals surface area (Å²) in [6.07, 6.45) is 2.83. The highest BCUT2D eigenvalue weighted by atomic mass is 32.2. The van der Waals surface area contributed by atoms with Crippen molar-refractivity contribution in [3.8, 4) is 0 Å². The molecule has 0 aliphatic carbocycles. The van der Waals surface area contributed by atoms with E-state index in [2.05, 4.69) is 4.72 Å². The number of sulfonamides is 1. The maximum Gasteiger partial charge on any atom is 0.321 e. The van der Waals surface area contributed by atoms with Crippen LogP contribution in [0.3, 0.4) is 0 Å². The molecule has 1 rings (SSSR count). The lowest BCUT2D eigenvalue weighted by atomic mass is 10.1. The Morgan fingerprint density at radius 2 is 1.89 bits per heavy atom. The molecule has 0 saturated carbocycles. The van der Waals surface area contributed by atoms with Crippen LogP contribution in [0, 0.1) is 0 Å². The number of carboxylic acid groups (broad SMARTS) is 1. The first-order chi connectivity index (χ1) is 8.97. The topological polar surface area (TPSA) is 83.5 Å². The van der Waals surface area contributed by atoms with E-state index in [0.717, 1.165) is 12.8 Å². The Hall–Kier alpha value is -1.40. The summed E-state index contributed by atoms with van der Waals surface area (Å²) >= 11 is 0. The number of carboxylic acids is 1. The predicted octanol–water partition coefficient (Wildman–Crippen LogP) is 2.00. The molecule has 1 aromatic carbocycles. The standard InChI is InChI=1S/C13H19NO4S/c1-2-3-5-10-12(13(15)16)14-19(17,18)11-8-6-4-7-9-11/h4,6-9,12,14H,2-3,5,10H2,1H3,(H,15,16). The summed E-state index contributed by atoms with van der Waals surface area (Å²) in [6, 6.07) is 6.70. The predicted molar refractivity (Wildman–Crippen MR) is 72.3 cm³/mol. The van der Waals surface area contributed by atoms with Crippen LogP contribution >= 0.6 is 0 Å². The Balaban J connectivity index is 2.76. The third kappa shape index (κ3) is 5.00. The number of aliphatic carboxylic acids is 1. The van der Waals surface area contributed by atoms with Crippen molar-refractivity contribution in [3.63, 3.8) is 0 Å². The number of rotatable bonds is 8. The Morgan fingerprint density at radius 3 is 2.42 bits per heavy atom. The van der Waals surface area contributed by atoms with Crippen molar-refractivity contribution in [2.24, 2.45) is 0 Å². The highest BCUT2D eigenvalue weighted by molar-refractivity contribution is 7.89. The number of hydrogen-bond donors (Lipinski definition) is 2. The van der Waals surface area contributed by atoms with E-state index in [9.17, 15) is 13.2 Å². The average Bonchev–Trinajstić information content (AvgIpc) is 2.38. The zero-order valence-electron chi connectivity index (χ0n) is 10.9. The summed E-state index contributed by atoms with van der Waals surface area (Å²) in [6.45, 7) is 2.00.